The number of hydrogen-bond acceptors (Lipinski definition) is 5. The molecule has 172 valence electrons. The van der Waals surface area contributed by atoms with E-state index in [0.717, 1.165) is 39.6 Å². The van der Waals surface area contributed by atoms with Crippen molar-refractivity contribution in [3.8, 4) is 0 Å². The predicted octanol–water partition coefficient (Wildman–Crippen LogP) is 5.19. The molecule has 4 rings (SSSR count). The fourth-order valence-corrected chi connectivity index (χ4v) is 4.80. The molecule has 0 aliphatic carbocycles. The summed E-state index contributed by atoms with van der Waals surface area (Å²) in [4.78, 5) is 21.5. The maximum Gasteiger partial charge on any atom is 0.416 e. The first-order chi connectivity index (χ1) is 15.7. The first-order valence-electron chi connectivity index (χ1n) is 10.4. The number of nitrogens with one attached hydrogen (secondary N) is 1. The van der Waals surface area contributed by atoms with E-state index < -0.39 is 11.7 Å². The molecule has 0 spiro atoms. The third kappa shape index (κ3) is 5.19. The van der Waals surface area contributed by atoms with Gasteiger partial charge in [-0.25, -0.2) is 0 Å². The standard InChI is InChI=1S/C24H23F3N4OS/c1-16-12-21(33-22(16)23(32)29-14-19-4-3-9-28-13-19)31-11-10-30(17(31)2)15-18-5-7-20(8-6-18)24(25,26)27/h3-9,12-13H,2,10-11,14-15H2,1H3,(H,29,32). The second-order valence-corrected chi connectivity index (χ2v) is 8.86. The Labute approximate surface area is 194 Å². The highest BCUT2D eigenvalue weighted by Crippen LogP contribution is 2.35. The van der Waals surface area contributed by atoms with Gasteiger partial charge in [-0.2, -0.15) is 13.2 Å². The number of aryl methyl sites for hydroxylation is 1. The summed E-state index contributed by atoms with van der Waals surface area (Å²) in [6.07, 6.45) is -0.942. The van der Waals surface area contributed by atoms with Gasteiger partial charge in [0.25, 0.3) is 5.91 Å². The Morgan fingerprint density at radius 1 is 1.18 bits per heavy atom. The van der Waals surface area contributed by atoms with Gasteiger partial charge in [0.05, 0.1) is 15.4 Å². The van der Waals surface area contributed by atoms with Gasteiger partial charge in [-0.1, -0.05) is 24.8 Å². The van der Waals surface area contributed by atoms with Crippen LogP contribution in [0.1, 0.15) is 31.9 Å². The van der Waals surface area contributed by atoms with Gasteiger partial charge in [0.1, 0.15) is 5.82 Å². The molecule has 1 aliphatic heterocycles. The molecule has 9 heteroatoms. The number of halogens is 3. The van der Waals surface area contributed by atoms with Gasteiger partial charge in [-0.3, -0.25) is 9.78 Å². The normalized spacial score (nSPS) is 14.1. The Bertz CT molecular complexity index is 1140. The van der Waals surface area contributed by atoms with Crippen molar-refractivity contribution in [2.75, 3.05) is 18.0 Å². The first kappa shape index (κ1) is 22.8. The van der Waals surface area contributed by atoms with Crippen molar-refractivity contribution in [1.29, 1.82) is 0 Å². The molecule has 0 bridgehead atoms. The van der Waals surface area contributed by atoms with Crippen LogP contribution >= 0.6 is 11.3 Å². The summed E-state index contributed by atoms with van der Waals surface area (Å²) in [5.41, 5.74) is 1.93. The molecular formula is C24H23F3N4OS. The van der Waals surface area contributed by atoms with E-state index in [9.17, 15) is 18.0 Å². The lowest BCUT2D eigenvalue weighted by Gasteiger charge is -2.23. The van der Waals surface area contributed by atoms with Gasteiger partial charge in [0.2, 0.25) is 0 Å². The molecule has 0 saturated carbocycles. The average molecular weight is 473 g/mol. The lowest BCUT2D eigenvalue weighted by atomic mass is 10.1. The third-order valence-corrected chi connectivity index (χ3v) is 6.74. The second-order valence-electron chi connectivity index (χ2n) is 7.82. The third-order valence-electron chi connectivity index (χ3n) is 5.48. The molecule has 3 aromatic rings. The van der Waals surface area contributed by atoms with Gasteiger partial charge >= 0.3 is 6.18 Å². The monoisotopic (exact) mass is 472 g/mol. The molecule has 1 N–H and O–H groups in total. The van der Waals surface area contributed by atoms with Crippen LogP contribution in [0, 0.1) is 6.92 Å². The molecular weight excluding hydrogens is 449 g/mol. The summed E-state index contributed by atoms with van der Waals surface area (Å²) < 4.78 is 38.4. The maximum absolute atomic E-state index is 12.8. The Balaban J connectivity index is 1.40. The van der Waals surface area contributed by atoms with Crippen LogP contribution in [0.15, 0.2) is 67.3 Å². The van der Waals surface area contributed by atoms with Crippen LogP contribution in [0.25, 0.3) is 0 Å². The summed E-state index contributed by atoms with van der Waals surface area (Å²) in [6, 6.07) is 10.9. The Morgan fingerprint density at radius 3 is 2.61 bits per heavy atom. The van der Waals surface area contributed by atoms with Crippen LogP contribution in [0.5, 0.6) is 0 Å². The molecule has 1 fully saturated rings. The number of thiophene rings is 1. The van der Waals surface area contributed by atoms with E-state index in [-0.39, 0.29) is 5.91 Å². The summed E-state index contributed by atoms with van der Waals surface area (Å²) in [5, 5.41) is 3.84. The molecule has 0 unspecified atom stereocenters. The van der Waals surface area contributed by atoms with E-state index in [0.29, 0.717) is 31.1 Å². The Morgan fingerprint density at radius 2 is 1.94 bits per heavy atom. The summed E-state index contributed by atoms with van der Waals surface area (Å²) in [5.74, 6) is 0.623. The van der Waals surface area contributed by atoms with Crippen molar-refractivity contribution in [1.82, 2.24) is 15.2 Å². The number of pyridine rings is 1. The summed E-state index contributed by atoms with van der Waals surface area (Å²) in [7, 11) is 0. The van der Waals surface area contributed by atoms with Crippen LogP contribution in [-0.4, -0.2) is 28.9 Å². The quantitative estimate of drug-likeness (QED) is 0.536. The first-order valence-corrected chi connectivity index (χ1v) is 11.2. The van der Waals surface area contributed by atoms with E-state index in [1.807, 2.05) is 34.9 Å². The molecule has 5 nitrogen and oxygen atoms in total. The molecule has 1 aromatic carbocycles. The van der Waals surface area contributed by atoms with Crippen LogP contribution in [0.2, 0.25) is 0 Å². The minimum atomic E-state index is -4.34. The van der Waals surface area contributed by atoms with Crippen LogP contribution in [0.3, 0.4) is 0 Å². The van der Waals surface area contributed by atoms with Crippen LogP contribution in [-0.2, 0) is 19.3 Å². The maximum atomic E-state index is 12.8. The number of amides is 1. The number of alkyl halides is 3. The van der Waals surface area contributed by atoms with E-state index in [1.165, 1.54) is 23.5 Å². The number of anilines is 1. The van der Waals surface area contributed by atoms with E-state index in [4.69, 9.17) is 0 Å². The molecule has 0 radical (unpaired) electrons. The average Bonchev–Trinajstić information content (AvgIpc) is 3.35. The lowest BCUT2D eigenvalue weighted by molar-refractivity contribution is -0.137. The minimum absolute atomic E-state index is 0.140. The minimum Gasteiger partial charge on any atom is -0.352 e. The fraction of sp³-hybridized carbons (Fsp3) is 0.250. The molecule has 1 saturated heterocycles. The molecule has 1 amide bonds. The molecule has 1 aliphatic rings. The number of carbonyl (C=O) groups excluding carboxylic acids is 1. The number of rotatable bonds is 6. The zero-order valence-electron chi connectivity index (χ0n) is 18.0. The second kappa shape index (κ2) is 9.27. The number of aromatic nitrogens is 1. The zero-order chi connectivity index (χ0) is 23.6. The smallest absolute Gasteiger partial charge is 0.352 e. The van der Waals surface area contributed by atoms with E-state index >= 15 is 0 Å². The van der Waals surface area contributed by atoms with Crippen LogP contribution < -0.4 is 10.2 Å². The van der Waals surface area contributed by atoms with Gasteiger partial charge in [-0.05, 0) is 47.9 Å². The van der Waals surface area contributed by atoms with Crippen LogP contribution in [0.4, 0.5) is 18.2 Å². The highest BCUT2D eigenvalue weighted by molar-refractivity contribution is 7.18. The number of nitrogens with zero attached hydrogens (tertiary/aromatic N) is 3. The van der Waals surface area contributed by atoms with Gasteiger partial charge in [-0.15, -0.1) is 11.3 Å². The van der Waals surface area contributed by atoms with Crippen molar-refractivity contribution in [3.63, 3.8) is 0 Å². The number of benzene rings is 1. The highest BCUT2D eigenvalue weighted by atomic mass is 32.1. The summed E-state index contributed by atoms with van der Waals surface area (Å²) >= 11 is 1.40. The van der Waals surface area contributed by atoms with Gasteiger partial charge < -0.3 is 15.1 Å². The van der Waals surface area contributed by atoms with Gasteiger partial charge in [0, 0.05) is 38.6 Å². The SMILES string of the molecule is C=C1N(Cc2ccc(C(F)(F)F)cc2)CCN1c1cc(C)c(C(=O)NCc2cccnc2)s1. The Hall–Kier alpha value is -3.33. The highest BCUT2D eigenvalue weighted by Gasteiger charge is 2.30. The Kier molecular flexibility index (Phi) is 6.42. The zero-order valence-corrected chi connectivity index (χ0v) is 18.8. The topological polar surface area (TPSA) is 48.5 Å². The molecule has 3 heterocycles. The van der Waals surface area contributed by atoms with E-state index in [1.54, 1.807) is 12.4 Å². The fourth-order valence-electron chi connectivity index (χ4n) is 3.67. The number of carbonyl (C=O) groups is 1. The lowest BCUT2D eigenvalue weighted by Crippen LogP contribution is -2.22. The van der Waals surface area contributed by atoms with Crippen molar-refractivity contribution >= 4 is 22.2 Å². The molecule has 0 atom stereocenters. The van der Waals surface area contributed by atoms with Crippen molar-refractivity contribution in [2.24, 2.45) is 0 Å². The van der Waals surface area contributed by atoms with Crippen molar-refractivity contribution in [2.45, 2.75) is 26.2 Å². The van der Waals surface area contributed by atoms with Crippen molar-refractivity contribution in [3.05, 3.63) is 94.4 Å². The molecule has 33 heavy (non-hydrogen) atoms. The van der Waals surface area contributed by atoms with Crippen molar-refractivity contribution < 1.29 is 18.0 Å². The summed E-state index contributed by atoms with van der Waals surface area (Å²) in [6.45, 7) is 8.33. The predicted molar refractivity (Wildman–Crippen MR) is 123 cm³/mol. The molecule has 2 aromatic heterocycles. The largest absolute Gasteiger partial charge is 0.416 e. The van der Waals surface area contributed by atoms with E-state index in [2.05, 4.69) is 16.9 Å². The van der Waals surface area contributed by atoms with Gasteiger partial charge in [0.15, 0.2) is 0 Å². The number of hydrogen-bond donors (Lipinski definition) is 1.